The highest BCUT2D eigenvalue weighted by Gasteiger charge is 2.15. The second-order valence-corrected chi connectivity index (χ2v) is 3.26. The van der Waals surface area contributed by atoms with E-state index in [0.717, 1.165) is 6.29 Å². The Hall–Kier alpha value is -1.65. The van der Waals surface area contributed by atoms with Gasteiger partial charge in [-0.05, 0) is 25.0 Å². The molecule has 0 heterocycles. The van der Waals surface area contributed by atoms with Crippen molar-refractivity contribution in [2.45, 2.75) is 26.4 Å². The highest BCUT2D eigenvalue weighted by atomic mass is 19.3. The Morgan fingerprint density at radius 2 is 2.18 bits per heavy atom. The van der Waals surface area contributed by atoms with Gasteiger partial charge in [0.1, 0.15) is 6.29 Å². The van der Waals surface area contributed by atoms with Crippen LogP contribution >= 0.6 is 0 Å². The zero-order chi connectivity index (χ0) is 12.7. The number of aldehydes is 1. The van der Waals surface area contributed by atoms with Crippen molar-refractivity contribution < 1.29 is 23.0 Å². The zero-order valence-corrected chi connectivity index (χ0v) is 9.49. The highest BCUT2D eigenvalue weighted by Crippen LogP contribution is 2.33. The van der Waals surface area contributed by atoms with E-state index in [9.17, 15) is 13.6 Å². The van der Waals surface area contributed by atoms with Gasteiger partial charge in [0.25, 0.3) is 0 Å². The lowest BCUT2D eigenvalue weighted by atomic mass is 10.1. The molecule has 94 valence electrons. The van der Waals surface area contributed by atoms with Crippen molar-refractivity contribution in [1.82, 2.24) is 0 Å². The molecule has 0 aliphatic carbocycles. The number of ether oxygens (including phenoxy) is 2. The molecular weight excluding hydrogens is 230 g/mol. The molecule has 0 spiro atoms. The van der Waals surface area contributed by atoms with Crippen LogP contribution in [-0.4, -0.2) is 19.5 Å². The molecule has 0 unspecified atom stereocenters. The zero-order valence-electron chi connectivity index (χ0n) is 9.49. The Morgan fingerprint density at radius 1 is 1.41 bits per heavy atom. The number of hydrogen-bond donors (Lipinski definition) is 0. The largest absolute Gasteiger partial charge is 0.490 e. The minimum Gasteiger partial charge on any atom is -0.490 e. The third-order valence-electron chi connectivity index (χ3n) is 2.10. The summed E-state index contributed by atoms with van der Waals surface area (Å²) in [5.74, 6) is 0.294. The summed E-state index contributed by atoms with van der Waals surface area (Å²) < 4.78 is 34.3. The van der Waals surface area contributed by atoms with Gasteiger partial charge in [-0.25, -0.2) is 0 Å². The molecule has 0 atom stereocenters. The molecule has 17 heavy (non-hydrogen) atoms. The summed E-state index contributed by atoms with van der Waals surface area (Å²) in [6, 6.07) is 4.89. The van der Waals surface area contributed by atoms with Gasteiger partial charge in [0.2, 0.25) is 0 Å². The van der Waals surface area contributed by atoms with E-state index in [1.807, 2.05) is 0 Å². The molecule has 0 aliphatic rings. The minimum atomic E-state index is -2.91. The molecule has 0 aromatic heterocycles. The van der Waals surface area contributed by atoms with Gasteiger partial charge in [-0.2, -0.15) is 8.78 Å². The van der Waals surface area contributed by atoms with Crippen molar-refractivity contribution in [3.63, 3.8) is 0 Å². The first-order chi connectivity index (χ1) is 8.19. The summed E-state index contributed by atoms with van der Waals surface area (Å²) in [7, 11) is 0. The van der Waals surface area contributed by atoms with Crippen molar-refractivity contribution in [1.29, 1.82) is 0 Å². The van der Waals surface area contributed by atoms with E-state index < -0.39 is 6.61 Å². The predicted molar refractivity (Wildman–Crippen MR) is 58.6 cm³/mol. The van der Waals surface area contributed by atoms with Crippen LogP contribution in [0.25, 0.3) is 0 Å². The minimum absolute atomic E-state index is 0.0196. The smallest absolute Gasteiger partial charge is 0.387 e. The topological polar surface area (TPSA) is 35.5 Å². The molecule has 5 heteroatoms. The first-order valence-corrected chi connectivity index (χ1v) is 5.32. The third kappa shape index (κ3) is 4.01. The summed E-state index contributed by atoms with van der Waals surface area (Å²) in [5, 5.41) is 0. The van der Waals surface area contributed by atoms with Crippen LogP contribution in [0.4, 0.5) is 8.78 Å². The lowest BCUT2D eigenvalue weighted by Gasteiger charge is -2.14. The summed E-state index contributed by atoms with van der Waals surface area (Å²) in [6.07, 6.45) is 1.35. The van der Waals surface area contributed by atoms with Gasteiger partial charge in [0, 0.05) is 6.42 Å². The number of carbonyl (C=O) groups is 1. The fraction of sp³-hybridized carbons (Fsp3) is 0.417. The van der Waals surface area contributed by atoms with E-state index in [4.69, 9.17) is 4.74 Å². The van der Waals surface area contributed by atoms with E-state index in [-0.39, 0.29) is 17.9 Å². The van der Waals surface area contributed by atoms with E-state index >= 15 is 0 Å². The average Bonchev–Trinajstić information content (AvgIpc) is 2.29. The molecule has 3 nitrogen and oxygen atoms in total. The van der Waals surface area contributed by atoms with E-state index in [1.165, 1.54) is 0 Å². The Bertz CT molecular complexity index is 367. The number of hydrogen-bond acceptors (Lipinski definition) is 3. The SMILES string of the molecule is CCOc1cccc(CCC=O)c1OC(F)F. The van der Waals surface area contributed by atoms with Crippen LogP contribution in [-0.2, 0) is 11.2 Å². The quantitative estimate of drug-likeness (QED) is 0.692. The lowest BCUT2D eigenvalue weighted by molar-refractivity contribution is -0.107. The molecule has 0 bridgehead atoms. The van der Waals surface area contributed by atoms with Gasteiger partial charge >= 0.3 is 6.61 Å². The first-order valence-electron chi connectivity index (χ1n) is 5.32. The van der Waals surface area contributed by atoms with E-state index in [1.54, 1.807) is 25.1 Å². The van der Waals surface area contributed by atoms with Crippen LogP contribution in [0.5, 0.6) is 11.5 Å². The highest BCUT2D eigenvalue weighted by molar-refractivity contribution is 5.53. The van der Waals surface area contributed by atoms with Crippen LogP contribution in [0.3, 0.4) is 0 Å². The maximum atomic E-state index is 12.3. The van der Waals surface area contributed by atoms with Crippen molar-refractivity contribution >= 4 is 6.29 Å². The number of para-hydroxylation sites is 1. The maximum Gasteiger partial charge on any atom is 0.387 e. The molecule has 0 amide bonds. The van der Waals surface area contributed by atoms with Crippen LogP contribution in [0.15, 0.2) is 18.2 Å². The second kappa shape index (κ2) is 6.83. The Labute approximate surface area is 98.3 Å². The lowest BCUT2D eigenvalue weighted by Crippen LogP contribution is -2.07. The standard InChI is InChI=1S/C12H14F2O3/c1-2-16-10-7-3-5-9(6-4-8-15)11(10)17-12(13)14/h3,5,7-8,12H,2,4,6H2,1H3. The van der Waals surface area contributed by atoms with Crippen molar-refractivity contribution in [2.75, 3.05) is 6.61 Å². The van der Waals surface area contributed by atoms with Crippen molar-refractivity contribution in [2.24, 2.45) is 0 Å². The van der Waals surface area contributed by atoms with Gasteiger partial charge in [-0.15, -0.1) is 0 Å². The normalized spacial score (nSPS) is 10.4. The molecule has 0 radical (unpaired) electrons. The van der Waals surface area contributed by atoms with Gasteiger partial charge in [-0.3, -0.25) is 0 Å². The van der Waals surface area contributed by atoms with Crippen molar-refractivity contribution in [3.05, 3.63) is 23.8 Å². The molecule has 1 rings (SSSR count). The van der Waals surface area contributed by atoms with Gasteiger partial charge in [-0.1, -0.05) is 12.1 Å². The molecule has 0 N–H and O–H groups in total. The monoisotopic (exact) mass is 244 g/mol. The predicted octanol–water partition coefficient (Wildman–Crippen LogP) is 2.82. The summed E-state index contributed by atoms with van der Waals surface area (Å²) in [6.45, 7) is -0.798. The molecule has 1 aromatic rings. The summed E-state index contributed by atoms with van der Waals surface area (Å²) in [4.78, 5) is 10.3. The van der Waals surface area contributed by atoms with E-state index in [2.05, 4.69) is 4.74 Å². The maximum absolute atomic E-state index is 12.3. The number of aryl methyl sites for hydroxylation is 1. The molecule has 1 aromatic carbocycles. The summed E-state index contributed by atoms with van der Waals surface area (Å²) >= 11 is 0. The Morgan fingerprint density at radius 3 is 2.76 bits per heavy atom. The number of benzene rings is 1. The number of carbonyl (C=O) groups excluding carboxylic acids is 1. The third-order valence-corrected chi connectivity index (χ3v) is 2.10. The summed E-state index contributed by atoms with van der Waals surface area (Å²) in [5.41, 5.74) is 0.545. The van der Waals surface area contributed by atoms with Crippen LogP contribution in [0, 0.1) is 0 Å². The van der Waals surface area contributed by atoms with Crippen LogP contribution in [0.1, 0.15) is 18.9 Å². The fourth-order valence-corrected chi connectivity index (χ4v) is 1.46. The average molecular weight is 244 g/mol. The Kier molecular flexibility index (Phi) is 5.39. The van der Waals surface area contributed by atoms with Crippen molar-refractivity contribution in [3.8, 4) is 11.5 Å². The molecule has 0 saturated heterocycles. The number of alkyl halides is 2. The first kappa shape index (κ1) is 13.4. The van der Waals surface area contributed by atoms with Crippen LogP contribution < -0.4 is 9.47 Å². The molecule has 0 aliphatic heterocycles. The Balaban J connectivity index is 2.99. The molecular formula is C12H14F2O3. The van der Waals surface area contributed by atoms with Gasteiger partial charge in [0.05, 0.1) is 6.61 Å². The van der Waals surface area contributed by atoms with Crippen LogP contribution in [0.2, 0.25) is 0 Å². The fourth-order valence-electron chi connectivity index (χ4n) is 1.46. The number of halogens is 2. The van der Waals surface area contributed by atoms with Gasteiger partial charge in [0.15, 0.2) is 11.5 Å². The molecule has 0 fully saturated rings. The van der Waals surface area contributed by atoms with Gasteiger partial charge < -0.3 is 14.3 Å². The molecule has 0 saturated carbocycles. The number of rotatable bonds is 7. The second-order valence-electron chi connectivity index (χ2n) is 3.26. The van der Waals surface area contributed by atoms with E-state index in [0.29, 0.717) is 18.6 Å².